The highest BCUT2D eigenvalue weighted by Crippen LogP contribution is 2.22. The number of hydrogen-bond donors (Lipinski definition) is 1. The van der Waals surface area contributed by atoms with Crippen LogP contribution in [0.15, 0.2) is 76.3 Å². The molecule has 0 bridgehead atoms. The van der Waals surface area contributed by atoms with Crippen LogP contribution < -0.4 is 16.1 Å². The summed E-state index contributed by atoms with van der Waals surface area (Å²) in [7, 11) is 1.64. The minimum Gasteiger partial charge on any atom is -0.340 e. The second kappa shape index (κ2) is 9.52. The number of benzene rings is 2. The monoisotopic (exact) mass is 456 g/mol. The first-order chi connectivity index (χ1) is 16.6. The van der Waals surface area contributed by atoms with Crippen molar-refractivity contribution in [2.45, 2.75) is 6.54 Å². The molecule has 5 rings (SSSR count). The second-order valence-corrected chi connectivity index (χ2v) is 8.57. The topological polar surface area (TPSA) is 79.2 Å². The van der Waals surface area contributed by atoms with Gasteiger partial charge in [-0.25, -0.2) is 4.79 Å². The summed E-state index contributed by atoms with van der Waals surface area (Å²) < 4.78 is 3.35. The number of H-pyrrole nitrogens is 1. The van der Waals surface area contributed by atoms with Crippen LogP contribution in [0.1, 0.15) is 11.1 Å². The third kappa shape index (κ3) is 4.45. The summed E-state index contributed by atoms with van der Waals surface area (Å²) in [4.78, 5) is 36.8. The Morgan fingerprint density at radius 3 is 2.32 bits per heavy atom. The Morgan fingerprint density at radius 2 is 1.62 bits per heavy atom. The maximum Gasteiger partial charge on any atom is 0.329 e. The largest absolute Gasteiger partial charge is 0.340 e. The Kier molecular flexibility index (Phi) is 6.14. The first kappa shape index (κ1) is 21.9. The van der Waals surface area contributed by atoms with Gasteiger partial charge in [-0.15, -0.1) is 0 Å². The Hall–Kier alpha value is -3.91. The average molecular weight is 457 g/mol. The van der Waals surface area contributed by atoms with Crippen LogP contribution in [0.25, 0.3) is 17.2 Å². The quantitative estimate of drug-likeness (QED) is 0.482. The van der Waals surface area contributed by atoms with Crippen LogP contribution >= 0.6 is 0 Å². The Balaban J connectivity index is 1.39. The molecular weight excluding hydrogens is 428 g/mol. The molecule has 0 spiro atoms. The molecule has 0 saturated carbocycles. The SMILES string of the molecule is Cn1c(=O)[nH]c(=O)c2c1nc(N1CCN(C/C=C\c3ccccc3)CC1)n2Cc1ccccc1. The number of fused-ring (bicyclic) bond motifs is 1. The maximum absolute atomic E-state index is 12.8. The van der Waals surface area contributed by atoms with Crippen LogP contribution in [0.3, 0.4) is 0 Å². The molecule has 8 nitrogen and oxygen atoms in total. The normalized spacial score (nSPS) is 14.9. The second-order valence-electron chi connectivity index (χ2n) is 8.57. The van der Waals surface area contributed by atoms with E-state index in [2.05, 4.69) is 39.1 Å². The lowest BCUT2D eigenvalue weighted by molar-refractivity contribution is 0.282. The van der Waals surface area contributed by atoms with E-state index in [0.29, 0.717) is 17.7 Å². The lowest BCUT2D eigenvalue weighted by Crippen LogP contribution is -2.47. The maximum atomic E-state index is 12.8. The zero-order chi connectivity index (χ0) is 23.5. The van der Waals surface area contributed by atoms with E-state index in [4.69, 9.17) is 4.98 Å². The highest BCUT2D eigenvalue weighted by Gasteiger charge is 2.24. The number of piperazine rings is 1. The molecule has 174 valence electrons. The van der Waals surface area contributed by atoms with Crippen molar-refractivity contribution in [1.82, 2.24) is 24.0 Å². The predicted octanol–water partition coefficient (Wildman–Crippen LogP) is 2.31. The summed E-state index contributed by atoms with van der Waals surface area (Å²) in [5.41, 5.74) is 2.25. The number of anilines is 1. The number of nitrogens with zero attached hydrogens (tertiary/aromatic N) is 5. The Morgan fingerprint density at radius 1 is 0.941 bits per heavy atom. The lowest BCUT2D eigenvalue weighted by Gasteiger charge is -2.35. The molecule has 3 heterocycles. The van der Waals surface area contributed by atoms with Gasteiger partial charge in [0.25, 0.3) is 5.56 Å². The summed E-state index contributed by atoms with van der Waals surface area (Å²) in [6.45, 7) is 4.77. The van der Waals surface area contributed by atoms with Gasteiger partial charge in [0.1, 0.15) is 0 Å². The number of aromatic amines is 1. The van der Waals surface area contributed by atoms with E-state index in [1.54, 1.807) is 7.05 Å². The van der Waals surface area contributed by atoms with Gasteiger partial charge in [0.2, 0.25) is 5.95 Å². The van der Waals surface area contributed by atoms with Crippen molar-refractivity contribution in [3.05, 3.63) is 98.7 Å². The van der Waals surface area contributed by atoms with E-state index in [9.17, 15) is 9.59 Å². The number of rotatable bonds is 6. The first-order valence-corrected chi connectivity index (χ1v) is 11.5. The van der Waals surface area contributed by atoms with Gasteiger partial charge in [-0.05, 0) is 11.1 Å². The molecular formula is C26H28N6O2. The van der Waals surface area contributed by atoms with Crippen molar-refractivity contribution in [2.75, 3.05) is 37.6 Å². The summed E-state index contributed by atoms with van der Waals surface area (Å²) in [5, 5.41) is 0. The fraction of sp³-hybridized carbons (Fsp3) is 0.269. The molecule has 34 heavy (non-hydrogen) atoms. The van der Waals surface area contributed by atoms with Gasteiger partial charge < -0.3 is 4.90 Å². The minimum atomic E-state index is -0.455. The van der Waals surface area contributed by atoms with Crippen molar-refractivity contribution in [3.63, 3.8) is 0 Å². The van der Waals surface area contributed by atoms with Gasteiger partial charge in [0.05, 0.1) is 6.54 Å². The number of hydrogen-bond acceptors (Lipinski definition) is 5. The van der Waals surface area contributed by atoms with Gasteiger partial charge in [-0.3, -0.25) is 23.8 Å². The van der Waals surface area contributed by atoms with Crippen molar-refractivity contribution < 1.29 is 0 Å². The lowest BCUT2D eigenvalue weighted by atomic mass is 10.2. The van der Waals surface area contributed by atoms with Crippen LogP contribution in [-0.4, -0.2) is 56.7 Å². The molecule has 1 saturated heterocycles. The Bertz CT molecular complexity index is 1410. The van der Waals surface area contributed by atoms with Gasteiger partial charge in [0.15, 0.2) is 11.2 Å². The van der Waals surface area contributed by atoms with E-state index in [1.165, 1.54) is 10.1 Å². The highest BCUT2D eigenvalue weighted by atomic mass is 16.2. The Labute approximate surface area is 197 Å². The summed E-state index contributed by atoms with van der Waals surface area (Å²) in [6.07, 6.45) is 4.35. The van der Waals surface area contributed by atoms with Crippen LogP contribution in [0, 0.1) is 0 Å². The first-order valence-electron chi connectivity index (χ1n) is 11.5. The summed E-state index contributed by atoms with van der Waals surface area (Å²) in [5.74, 6) is 0.727. The van der Waals surface area contributed by atoms with Crippen LogP contribution in [-0.2, 0) is 13.6 Å². The standard InChI is InChI=1S/C26H28N6O2/c1-29-23-22(24(33)28-26(29)34)32(19-21-11-6-3-7-12-21)25(27-23)31-17-15-30(16-18-31)14-8-13-20-9-4-2-5-10-20/h2-13H,14-19H2,1H3,(H,28,33,34)/b13-8-. The van der Waals surface area contributed by atoms with Crippen molar-refractivity contribution in [2.24, 2.45) is 7.05 Å². The molecule has 0 radical (unpaired) electrons. The van der Waals surface area contributed by atoms with Crippen LogP contribution in [0.2, 0.25) is 0 Å². The highest BCUT2D eigenvalue weighted by molar-refractivity contribution is 5.74. The van der Waals surface area contributed by atoms with Crippen LogP contribution in [0.5, 0.6) is 0 Å². The molecule has 8 heteroatoms. The molecule has 1 aliphatic rings. The molecule has 0 atom stereocenters. The number of aryl methyl sites for hydroxylation is 1. The molecule has 0 amide bonds. The average Bonchev–Trinajstić information content (AvgIpc) is 3.24. The van der Waals surface area contributed by atoms with Gasteiger partial charge in [-0.2, -0.15) is 4.98 Å². The van der Waals surface area contributed by atoms with E-state index >= 15 is 0 Å². The molecule has 1 N–H and O–H groups in total. The van der Waals surface area contributed by atoms with E-state index in [-0.39, 0.29) is 0 Å². The van der Waals surface area contributed by atoms with Crippen LogP contribution in [0.4, 0.5) is 5.95 Å². The summed E-state index contributed by atoms with van der Waals surface area (Å²) in [6, 6.07) is 20.3. The fourth-order valence-electron chi connectivity index (χ4n) is 4.41. The van der Waals surface area contributed by atoms with Gasteiger partial charge in [-0.1, -0.05) is 72.8 Å². The number of aromatic nitrogens is 4. The third-order valence-electron chi connectivity index (χ3n) is 6.30. The number of nitrogens with one attached hydrogen (secondary N) is 1. The summed E-state index contributed by atoms with van der Waals surface area (Å²) >= 11 is 0. The van der Waals surface area contributed by atoms with E-state index < -0.39 is 11.2 Å². The van der Waals surface area contributed by atoms with Crippen molar-refractivity contribution in [1.29, 1.82) is 0 Å². The molecule has 1 aliphatic heterocycles. The van der Waals surface area contributed by atoms with E-state index in [0.717, 1.165) is 44.2 Å². The molecule has 4 aromatic rings. The molecule has 0 aliphatic carbocycles. The smallest absolute Gasteiger partial charge is 0.329 e. The molecule has 1 fully saturated rings. The molecule has 0 unspecified atom stereocenters. The molecule has 2 aromatic carbocycles. The van der Waals surface area contributed by atoms with Gasteiger partial charge in [0, 0.05) is 39.8 Å². The number of imidazole rings is 1. The molecule has 2 aromatic heterocycles. The third-order valence-corrected chi connectivity index (χ3v) is 6.30. The zero-order valence-electron chi connectivity index (χ0n) is 19.2. The van der Waals surface area contributed by atoms with Crippen molar-refractivity contribution >= 4 is 23.2 Å². The predicted molar refractivity (Wildman–Crippen MR) is 135 cm³/mol. The fourth-order valence-corrected chi connectivity index (χ4v) is 4.41. The zero-order valence-corrected chi connectivity index (χ0v) is 19.2. The van der Waals surface area contributed by atoms with E-state index in [1.807, 2.05) is 53.1 Å². The van der Waals surface area contributed by atoms with Crippen molar-refractivity contribution in [3.8, 4) is 0 Å². The minimum absolute atomic E-state index is 0.405. The van der Waals surface area contributed by atoms with Gasteiger partial charge >= 0.3 is 5.69 Å².